The second-order valence-corrected chi connectivity index (χ2v) is 4.28. The van der Waals surface area contributed by atoms with Gasteiger partial charge in [-0.15, -0.1) is 0 Å². The summed E-state index contributed by atoms with van der Waals surface area (Å²) in [5.74, 6) is -2.21. The molecule has 1 amide bonds. The van der Waals surface area contributed by atoms with Crippen LogP contribution < -0.4 is 11.1 Å². The summed E-state index contributed by atoms with van der Waals surface area (Å²) < 4.78 is 13.2. The van der Waals surface area contributed by atoms with Crippen LogP contribution >= 0.6 is 0 Å². The first kappa shape index (κ1) is 14.9. The smallest absolute Gasteiger partial charge is 0.303 e. The van der Waals surface area contributed by atoms with E-state index in [1.807, 2.05) is 6.92 Å². The number of carbonyl (C=O) groups excluding carboxylic acids is 1. The van der Waals surface area contributed by atoms with Gasteiger partial charge in [-0.25, -0.2) is 4.39 Å². The monoisotopic (exact) mass is 268 g/mol. The molecule has 1 aromatic rings. The van der Waals surface area contributed by atoms with E-state index in [-0.39, 0.29) is 30.1 Å². The van der Waals surface area contributed by atoms with Gasteiger partial charge in [0.2, 0.25) is 0 Å². The number of benzene rings is 1. The molecule has 6 heteroatoms. The summed E-state index contributed by atoms with van der Waals surface area (Å²) >= 11 is 0. The topological polar surface area (TPSA) is 92.4 Å². The number of nitrogens with one attached hydrogen (secondary N) is 1. The average Bonchev–Trinajstić information content (AvgIpc) is 2.37. The van der Waals surface area contributed by atoms with Crippen molar-refractivity contribution in [3.63, 3.8) is 0 Å². The number of carboxylic acid groups (broad SMARTS) is 1. The zero-order valence-corrected chi connectivity index (χ0v) is 10.6. The third-order valence-electron chi connectivity index (χ3n) is 2.89. The van der Waals surface area contributed by atoms with Crippen LogP contribution in [0.3, 0.4) is 0 Å². The maximum absolute atomic E-state index is 13.2. The molecule has 0 saturated carbocycles. The van der Waals surface area contributed by atoms with E-state index in [4.69, 9.17) is 10.8 Å². The van der Waals surface area contributed by atoms with Gasteiger partial charge >= 0.3 is 5.97 Å². The first-order chi connectivity index (χ1) is 8.95. The lowest BCUT2D eigenvalue weighted by Crippen LogP contribution is -2.30. The Labute approximate surface area is 110 Å². The van der Waals surface area contributed by atoms with E-state index in [0.717, 1.165) is 0 Å². The lowest BCUT2D eigenvalue weighted by molar-refractivity contribution is -0.138. The number of anilines is 1. The van der Waals surface area contributed by atoms with Gasteiger partial charge in [-0.05, 0) is 18.1 Å². The van der Waals surface area contributed by atoms with Crippen molar-refractivity contribution in [1.29, 1.82) is 0 Å². The highest BCUT2D eigenvalue weighted by molar-refractivity contribution is 5.99. The molecule has 1 rings (SSSR count). The number of hydrogen-bond acceptors (Lipinski definition) is 3. The van der Waals surface area contributed by atoms with E-state index in [1.54, 1.807) is 0 Å². The summed E-state index contributed by atoms with van der Waals surface area (Å²) in [7, 11) is 0. The molecular formula is C13H17FN2O3. The van der Waals surface area contributed by atoms with Gasteiger partial charge in [0.25, 0.3) is 5.91 Å². The van der Waals surface area contributed by atoms with Gasteiger partial charge in [0.05, 0.1) is 11.3 Å². The molecule has 0 aliphatic heterocycles. The highest BCUT2D eigenvalue weighted by atomic mass is 19.1. The molecule has 0 spiro atoms. The molecule has 0 aromatic heterocycles. The fourth-order valence-corrected chi connectivity index (χ4v) is 1.68. The molecule has 0 heterocycles. The average molecular weight is 268 g/mol. The number of nitrogens with two attached hydrogens (primary N) is 1. The van der Waals surface area contributed by atoms with Crippen LogP contribution in [0.15, 0.2) is 18.2 Å². The first-order valence-electron chi connectivity index (χ1n) is 5.99. The normalized spacial score (nSPS) is 11.9. The summed E-state index contributed by atoms with van der Waals surface area (Å²) in [6.45, 7) is 2.06. The number of aliphatic carboxylic acids is 1. The number of carboxylic acids is 1. The quantitative estimate of drug-likeness (QED) is 0.684. The van der Waals surface area contributed by atoms with Crippen molar-refractivity contribution in [3.8, 4) is 0 Å². The van der Waals surface area contributed by atoms with Crippen LogP contribution in [0.4, 0.5) is 10.1 Å². The minimum absolute atomic E-state index is 0.0184. The second kappa shape index (κ2) is 6.72. The molecule has 1 aromatic carbocycles. The van der Waals surface area contributed by atoms with Crippen molar-refractivity contribution in [3.05, 3.63) is 29.6 Å². The Balaban J connectivity index is 2.64. The van der Waals surface area contributed by atoms with Crippen LogP contribution in [0, 0.1) is 11.7 Å². The Morgan fingerprint density at radius 1 is 1.47 bits per heavy atom. The summed E-state index contributed by atoms with van der Waals surface area (Å²) in [5.41, 5.74) is 5.33. The molecule has 0 aliphatic rings. The standard InChI is InChI=1S/C13H17FN2O3/c1-2-8(6-11(17)18)7-16-13(19)9-4-3-5-10(14)12(9)15/h3-5,8H,2,6-7,15H2,1H3,(H,16,19)(H,17,18). The Morgan fingerprint density at radius 2 is 2.16 bits per heavy atom. The Kier molecular flexibility index (Phi) is 5.29. The first-order valence-corrected chi connectivity index (χ1v) is 5.99. The molecule has 0 saturated heterocycles. The van der Waals surface area contributed by atoms with E-state index in [2.05, 4.69) is 5.32 Å². The van der Waals surface area contributed by atoms with Crippen LogP contribution in [0.5, 0.6) is 0 Å². The van der Waals surface area contributed by atoms with Crippen molar-refractivity contribution in [1.82, 2.24) is 5.32 Å². The largest absolute Gasteiger partial charge is 0.481 e. The molecule has 4 N–H and O–H groups in total. The van der Waals surface area contributed by atoms with Gasteiger partial charge in [-0.1, -0.05) is 19.4 Å². The fraction of sp³-hybridized carbons (Fsp3) is 0.385. The lowest BCUT2D eigenvalue weighted by Gasteiger charge is -2.14. The van der Waals surface area contributed by atoms with E-state index < -0.39 is 17.7 Å². The molecule has 19 heavy (non-hydrogen) atoms. The number of halogens is 1. The third-order valence-corrected chi connectivity index (χ3v) is 2.89. The maximum atomic E-state index is 13.2. The van der Waals surface area contributed by atoms with Gasteiger partial charge in [-0.3, -0.25) is 9.59 Å². The van der Waals surface area contributed by atoms with E-state index in [1.165, 1.54) is 18.2 Å². The fourth-order valence-electron chi connectivity index (χ4n) is 1.68. The zero-order valence-electron chi connectivity index (χ0n) is 10.6. The van der Waals surface area contributed by atoms with E-state index in [0.29, 0.717) is 6.42 Å². The van der Waals surface area contributed by atoms with Gasteiger partial charge in [-0.2, -0.15) is 0 Å². The lowest BCUT2D eigenvalue weighted by atomic mass is 10.0. The van der Waals surface area contributed by atoms with Crippen molar-refractivity contribution in [2.75, 3.05) is 12.3 Å². The number of hydrogen-bond donors (Lipinski definition) is 3. The minimum atomic E-state index is -0.911. The number of para-hydroxylation sites is 1. The number of amides is 1. The zero-order chi connectivity index (χ0) is 14.4. The predicted octanol–water partition coefficient (Wildman–Crippen LogP) is 1.64. The van der Waals surface area contributed by atoms with Crippen LogP contribution in [0.25, 0.3) is 0 Å². The summed E-state index contributed by atoms with van der Waals surface area (Å²) in [6.07, 6.45) is 0.612. The van der Waals surface area contributed by atoms with Gasteiger partial charge in [0.15, 0.2) is 0 Å². The maximum Gasteiger partial charge on any atom is 0.303 e. The van der Waals surface area contributed by atoms with Crippen molar-refractivity contribution < 1.29 is 19.1 Å². The Hall–Kier alpha value is -2.11. The second-order valence-electron chi connectivity index (χ2n) is 4.28. The van der Waals surface area contributed by atoms with E-state index in [9.17, 15) is 14.0 Å². The van der Waals surface area contributed by atoms with Crippen molar-refractivity contribution in [2.24, 2.45) is 5.92 Å². The number of carbonyl (C=O) groups is 2. The summed E-state index contributed by atoms with van der Waals surface area (Å²) in [6, 6.07) is 3.99. The Bertz CT molecular complexity index is 477. The Morgan fingerprint density at radius 3 is 2.74 bits per heavy atom. The van der Waals surface area contributed by atoms with Crippen LogP contribution in [0.2, 0.25) is 0 Å². The molecule has 1 atom stereocenters. The summed E-state index contributed by atoms with van der Waals surface area (Å²) in [4.78, 5) is 22.4. The summed E-state index contributed by atoms with van der Waals surface area (Å²) in [5, 5.41) is 11.3. The molecule has 1 unspecified atom stereocenters. The predicted molar refractivity (Wildman–Crippen MR) is 69.2 cm³/mol. The SMILES string of the molecule is CCC(CNC(=O)c1cccc(F)c1N)CC(=O)O. The molecule has 5 nitrogen and oxygen atoms in total. The van der Waals surface area contributed by atoms with Crippen LogP contribution in [-0.2, 0) is 4.79 Å². The number of nitrogen functional groups attached to an aromatic ring is 1. The highest BCUT2D eigenvalue weighted by Gasteiger charge is 2.15. The molecule has 0 aliphatic carbocycles. The third kappa shape index (κ3) is 4.24. The van der Waals surface area contributed by atoms with Gasteiger partial charge < -0.3 is 16.2 Å². The molecular weight excluding hydrogens is 251 g/mol. The van der Waals surface area contributed by atoms with Crippen LogP contribution in [0.1, 0.15) is 30.1 Å². The van der Waals surface area contributed by atoms with Crippen LogP contribution in [-0.4, -0.2) is 23.5 Å². The minimum Gasteiger partial charge on any atom is -0.481 e. The molecule has 0 radical (unpaired) electrons. The highest BCUT2D eigenvalue weighted by Crippen LogP contribution is 2.16. The molecule has 104 valence electrons. The molecule has 0 bridgehead atoms. The van der Waals surface area contributed by atoms with Gasteiger partial charge in [0, 0.05) is 13.0 Å². The number of rotatable bonds is 6. The van der Waals surface area contributed by atoms with Gasteiger partial charge in [0.1, 0.15) is 5.82 Å². The van der Waals surface area contributed by atoms with Crippen molar-refractivity contribution >= 4 is 17.6 Å². The molecule has 0 fully saturated rings. The van der Waals surface area contributed by atoms with E-state index >= 15 is 0 Å². The van der Waals surface area contributed by atoms with Crippen molar-refractivity contribution in [2.45, 2.75) is 19.8 Å².